The molecule has 1 aromatic rings. The maximum Gasteiger partial charge on any atom is 0.311 e. The Kier molecular flexibility index (Phi) is 3.12. The monoisotopic (exact) mass is 285 g/mol. The number of ether oxygens (including phenoxy) is 1. The number of hydrogen-bond acceptors (Lipinski definition) is 4. The van der Waals surface area contributed by atoms with Crippen LogP contribution in [0.1, 0.15) is 18.9 Å². The van der Waals surface area contributed by atoms with Gasteiger partial charge in [0.25, 0.3) is 0 Å². The summed E-state index contributed by atoms with van der Waals surface area (Å²) in [6.45, 7) is 1.92. The smallest absolute Gasteiger partial charge is 0.311 e. The molecule has 1 aliphatic heterocycles. The first kappa shape index (κ1) is 13.5. The lowest BCUT2D eigenvalue weighted by atomic mass is 9.66. The van der Waals surface area contributed by atoms with Crippen LogP contribution in [0.15, 0.2) is 36.4 Å². The average Bonchev–Trinajstić information content (AvgIpc) is 2.75. The minimum atomic E-state index is -1.14. The van der Waals surface area contributed by atoms with Gasteiger partial charge in [0.1, 0.15) is 5.41 Å². The Morgan fingerprint density at radius 1 is 1.38 bits per heavy atom. The molecule has 0 saturated heterocycles. The van der Waals surface area contributed by atoms with E-state index in [2.05, 4.69) is 5.32 Å². The Balaban J connectivity index is 2.16. The molecule has 3 rings (SSSR count). The Morgan fingerprint density at radius 2 is 2.14 bits per heavy atom. The van der Waals surface area contributed by atoms with Crippen LogP contribution in [0.25, 0.3) is 0 Å². The van der Waals surface area contributed by atoms with Crippen molar-refractivity contribution in [2.75, 3.05) is 11.9 Å². The highest BCUT2D eigenvalue weighted by atomic mass is 16.5. The quantitative estimate of drug-likeness (QED) is 0.837. The lowest BCUT2D eigenvalue weighted by Crippen LogP contribution is -2.47. The van der Waals surface area contributed by atoms with Crippen LogP contribution in [-0.4, -0.2) is 24.3 Å². The summed E-state index contributed by atoms with van der Waals surface area (Å²) in [5.41, 5.74) is 0.254. The van der Waals surface area contributed by atoms with Crippen molar-refractivity contribution < 1.29 is 19.1 Å². The SMILES string of the molecule is CCOC(=O)[C@H]1CC(=O)C=C[C@]12C(=O)Nc1ccccc12. The van der Waals surface area contributed by atoms with E-state index in [1.807, 2.05) is 12.1 Å². The molecule has 108 valence electrons. The molecule has 0 aromatic heterocycles. The summed E-state index contributed by atoms with van der Waals surface area (Å²) in [6.07, 6.45) is 2.91. The molecule has 21 heavy (non-hydrogen) atoms. The van der Waals surface area contributed by atoms with Gasteiger partial charge < -0.3 is 10.1 Å². The summed E-state index contributed by atoms with van der Waals surface area (Å²) in [6, 6.07) is 7.22. The number of ketones is 1. The lowest BCUT2D eigenvalue weighted by molar-refractivity contribution is -0.153. The maximum atomic E-state index is 12.6. The second-order valence-corrected chi connectivity index (χ2v) is 5.18. The van der Waals surface area contributed by atoms with Crippen molar-refractivity contribution in [1.82, 2.24) is 0 Å². The van der Waals surface area contributed by atoms with E-state index in [-0.39, 0.29) is 24.7 Å². The van der Waals surface area contributed by atoms with Crippen molar-refractivity contribution in [1.29, 1.82) is 0 Å². The summed E-state index contributed by atoms with van der Waals surface area (Å²) < 4.78 is 5.07. The van der Waals surface area contributed by atoms with Crippen LogP contribution in [0.2, 0.25) is 0 Å². The summed E-state index contributed by atoms with van der Waals surface area (Å²) >= 11 is 0. The summed E-state index contributed by atoms with van der Waals surface area (Å²) in [7, 11) is 0. The number of amides is 1. The van der Waals surface area contributed by atoms with Crippen molar-refractivity contribution in [3.8, 4) is 0 Å². The number of rotatable bonds is 2. The zero-order chi connectivity index (χ0) is 15.0. The van der Waals surface area contributed by atoms with Gasteiger partial charge in [0.05, 0.1) is 12.5 Å². The van der Waals surface area contributed by atoms with Crippen LogP contribution in [0.4, 0.5) is 5.69 Å². The van der Waals surface area contributed by atoms with Crippen molar-refractivity contribution in [3.63, 3.8) is 0 Å². The van der Waals surface area contributed by atoms with Gasteiger partial charge in [-0.25, -0.2) is 0 Å². The normalized spacial score (nSPS) is 26.6. The van der Waals surface area contributed by atoms with Gasteiger partial charge in [0, 0.05) is 12.1 Å². The van der Waals surface area contributed by atoms with Crippen molar-refractivity contribution >= 4 is 23.3 Å². The fraction of sp³-hybridized carbons (Fsp3) is 0.312. The number of anilines is 1. The molecule has 1 aliphatic carbocycles. The van der Waals surface area contributed by atoms with E-state index in [9.17, 15) is 14.4 Å². The van der Waals surface area contributed by atoms with Gasteiger partial charge in [-0.15, -0.1) is 0 Å². The molecule has 1 amide bonds. The van der Waals surface area contributed by atoms with Gasteiger partial charge in [0.15, 0.2) is 5.78 Å². The molecule has 0 radical (unpaired) electrons. The average molecular weight is 285 g/mol. The Hall–Kier alpha value is -2.43. The number of hydrogen-bond donors (Lipinski definition) is 1. The second-order valence-electron chi connectivity index (χ2n) is 5.18. The number of nitrogens with one attached hydrogen (secondary N) is 1. The number of carbonyl (C=O) groups is 3. The zero-order valence-corrected chi connectivity index (χ0v) is 11.6. The van der Waals surface area contributed by atoms with E-state index in [4.69, 9.17) is 4.74 Å². The predicted octanol–water partition coefficient (Wildman–Crippen LogP) is 1.58. The minimum absolute atomic E-state index is 0.0168. The molecule has 2 atom stereocenters. The first-order valence-electron chi connectivity index (χ1n) is 6.89. The summed E-state index contributed by atoms with van der Waals surface area (Å²) in [5, 5.41) is 2.79. The van der Waals surface area contributed by atoms with E-state index < -0.39 is 17.3 Å². The maximum absolute atomic E-state index is 12.6. The molecule has 1 spiro atoms. The molecule has 0 bridgehead atoms. The first-order valence-corrected chi connectivity index (χ1v) is 6.89. The molecular formula is C16H15NO4. The molecule has 5 nitrogen and oxygen atoms in total. The van der Waals surface area contributed by atoms with Gasteiger partial charge in [-0.2, -0.15) is 0 Å². The second kappa shape index (κ2) is 4.84. The lowest BCUT2D eigenvalue weighted by Gasteiger charge is -2.33. The van der Waals surface area contributed by atoms with Crippen LogP contribution in [0.3, 0.4) is 0 Å². The largest absolute Gasteiger partial charge is 0.466 e. The third kappa shape index (κ3) is 1.88. The van der Waals surface area contributed by atoms with Crippen molar-refractivity contribution in [2.45, 2.75) is 18.8 Å². The molecular weight excluding hydrogens is 270 g/mol. The molecule has 1 aromatic carbocycles. The van der Waals surface area contributed by atoms with Gasteiger partial charge in [0.2, 0.25) is 5.91 Å². The molecule has 0 fully saturated rings. The minimum Gasteiger partial charge on any atom is -0.466 e. The first-order chi connectivity index (χ1) is 10.1. The summed E-state index contributed by atoms with van der Waals surface area (Å²) in [4.78, 5) is 36.5. The Labute approximate surface area is 122 Å². The highest BCUT2D eigenvalue weighted by molar-refractivity contribution is 6.12. The molecule has 0 unspecified atom stereocenters. The van der Waals surface area contributed by atoms with Gasteiger partial charge >= 0.3 is 5.97 Å². The van der Waals surface area contributed by atoms with Crippen LogP contribution < -0.4 is 5.32 Å². The zero-order valence-electron chi connectivity index (χ0n) is 11.6. The van der Waals surface area contributed by atoms with E-state index in [1.54, 1.807) is 25.1 Å². The van der Waals surface area contributed by atoms with E-state index >= 15 is 0 Å². The van der Waals surface area contributed by atoms with E-state index in [0.717, 1.165) is 5.56 Å². The van der Waals surface area contributed by atoms with Gasteiger partial charge in [-0.3, -0.25) is 14.4 Å². The number of para-hydroxylation sites is 1. The third-order valence-electron chi connectivity index (χ3n) is 4.05. The van der Waals surface area contributed by atoms with Crippen LogP contribution in [0, 0.1) is 5.92 Å². The molecule has 5 heteroatoms. The molecule has 0 saturated carbocycles. The van der Waals surface area contributed by atoms with Crippen molar-refractivity contribution in [3.05, 3.63) is 42.0 Å². The number of fused-ring (bicyclic) bond motifs is 2. The third-order valence-corrected chi connectivity index (χ3v) is 4.05. The topological polar surface area (TPSA) is 72.5 Å². The standard InChI is InChI=1S/C16H15NO4/c1-2-21-14(19)12-9-10(18)7-8-16(12)11-5-3-4-6-13(11)17-15(16)20/h3-8,12H,2,9H2,1H3,(H,17,20)/t12-,16-/m1/s1. The van der Waals surface area contributed by atoms with Crippen LogP contribution >= 0.6 is 0 Å². The summed E-state index contributed by atoms with van der Waals surface area (Å²) in [5.74, 6) is -1.79. The predicted molar refractivity (Wildman–Crippen MR) is 75.6 cm³/mol. The van der Waals surface area contributed by atoms with Gasteiger partial charge in [-0.05, 0) is 24.6 Å². The number of allylic oxidation sites excluding steroid dienone is 1. The fourth-order valence-corrected chi connectivity index (χ4v) is 3.10. The van der Waals surface area contributed by atoms with Gasteiger partial charge in [-0.1, -0.05) is 24.3 Å². The highest BCUT2D eigenvalue weighted by Gasteiger charge is 2.55. The number of carbonyl (C=O) groups excluding carboxylic acids is 3. The van der Waals surface area contributed by atoms with Crippen molar-refractivity contribution in [2.24, 2.45) is 5.92 Å². The Bertz CT molecular complexity index is 664. The molecule has 2 aliphatic rings. The highest BCUT2D eigenvalue weighted by Crippen LogP contribution is 2.47. The van der Waals surface area contributed by atoms with E-state index in [1.165, 1.54) is 6.08 Å². The number of esters is 1. The Morgan fingerprint density at radius 3 is 2.90 bits per heavy atom. The molecule has 1 heterocycles. The molecule has 1 N–H and O–H groups in total. The number of benzene rings is 1. The van der Waals surface area contributed by atoms with Crippen LogP contribution in [0.5, 0.6) is 0 Å². The van der Waals surface area contributed by atoms with E-state index in [0.29, 0.717) is 5.69 Å². The fourth-order valence-electron chi connectivity index (χ4n) is 3.10. The van der Waals surface area contributed by atoms with Crippen LogP contribution in [-0.2, 0) is 24.5 Å².